The zero-order chi connectivity index (χ0) is 7.33. The van der Waals surface area contributed by atoms with E-state index < -0.39 is 12.6 Å². The SMILES string of the molecule is CC(F)(F)CCCCF. The Morgan fingerprint density at radius 3 is 2.11 bits per heavy atom. The molecule has 0 radical (unpaired) electrons. The van der Waals surface area contributed by atoms with Gasteiger partial charge in [-0.3, -0.25) is 4.39 Å². The van der Waals surface area contributed by atoms with Crippen LogP contribution in [-0.4, -0.2) is 12.6 Å². The third-order valence-electron chi connectivity index (χ3n) is 0.999. The van der Waals surface area contributed by atoms with Gasteiger partial charge in [0.2, 0.25) is 5.92 Å². The maximum Gasteiger partial charge on any atom is 0.245 e. The van der Waals surface area contributed by atoms with Crippen molar-refractivity contribution in [1.29, 1.82) is 0 Å². The number of unbranched alkanes of at least 4 members (excludes halogenated alkanes) is 1. The highest BCUT2D eigenvalue weighted by atomic mass is 19.3. The summed E-state index contributed by atoms with van der Waals surface area (Å²) >= 11 is 0. The van der Waals surface area contributed by atoms with E-state index in [-0.39, 0.29) is 19.3 Å². The van der Waals surface area contributed by atoms with Gasteiger partial charge in [-0.1, -0.05) is 0 Å². The molecule has 56 valence electrons. The van der Waals surface area contributed by atoms with Gasteiger partial charge in [-0.05, 0) is 19.8 Å². The molecule has 0 aromatic carbocycles. The van der Waals surface area contributed by atoms with E-state index in [1.165, 1.54) is 0 Å². The Kier molecular flexibility index (Phi) is 3.66. The Morgan fingerprint density at radius 2 is 1.78 bits per heavy atom. The normalized spacial score (nSPS) is 12.0. The smallest absolute Gasteiger partial charge is 0.245 e. The van der Waals surface area contributed by atoms with Gasteiger partial charge in [0.25, 0.3) is 0 Å². The van der Waals surface area contributed by atoms with Gasteiger partial charge in [-0.25, -0.2) is 8.78 Å². The Morgan fingerprint density at radius 1 is 1.22 bits per heavy atom. The Balaban J connectivity index is 3.07. The van der Waals surface area contributed by atoms with E-state index in [1.54, 1.807) is 0 Å². The highest BCUT2D eigenvalue weighted by molar-refractivity contribution is 4.56. The minimum Gasteiger partial charge on any atom is -0.251 e. The van der Waals surface area contributed by atoms with Crippen LogP contribution in [0.2, 0.25) is 0 Å². The quantitative estimate of drug-likeness (QED) is 0.527. The maximum atomic E-state index is 11.9. The number of rotatable bonds is 4. The van der Waals surface area contributed by atoms with Gasteiger partial charge in [0.05, 0.1) is 6.67 Å². The van der Waals surface area contributed by atoms with Gasteiger partial charge in [-0.15, -0.1) is 0 Å². The van der Waals surface area contributed by atoms with Crippen molar-refractivity contribution in [2.24, 2.45) is 0 Å². The molecule has 0 amide bonds. The Bertz CT molecular complexity index is 65.2. The van der Waals surface area contributed by atoms with Gasteiger partial charge < -0.3 is 0 Å². The fourth-order valence-corrected chi connectivity index (χ4v) is 0.530. The fraction of sp³-hybridized carbons (Fsp3) is 1.00. The molecule has 0 aliphatic heterocycles. The Labute approximate surface area is 53.1 Å². The monoisotopic (exact) mass is 140 g/mol. The lowest BCUT2D eigenvalue weighted by atomic mass is 10.2. The van der Waals surface area contributed by atoms with Crippen LogP contribution in [0.1, 0.15) is 26.2 Å². The second-order valence-corrected chi connectivity index (χ2v) is 2.22. The summed E-state index contributed by atoms with van der Waals surface area (Å²) in [6, 6.07) is 0. The second-order valence-electron chi connectivity index (χ2n) is 2.22. The molecule has 3 heteroatoms. The minimum atomic E-state index is -2.62. The van der Waals surface area contributed by atoms with Crippen molar-refractivity contribution in [2.45, 2.75) is 32.1 Å². The molecule has 9 heavy (non-hydrogen) atoms. The molecule has 0 unspecified atom stereocenters. The van der Waals surface area contributed by atoms with Gasteiger partial charge in [0, 0.05) is 6.42 Å². The van der Waals surface area contributed by atoms with Crippen molar-refractivity contribution < 1.29 is 13.2 Å². The summed E-state index contributed by atoms with van der Waals surface area (Å²) in [5, 5.41) is 0. The highest BCUT2D eigenvalue weighted by Crippen LogP contribution is 2.19. The first kappa shape index (κ1) is 8.79. The van der Waals surface area contributed by atoms with E-state index >= 15 is 0 Å². The molecule has 0 rings (SSSR count). The lowest BCUT2D eigenvalue weighted by Crippen LogP contribution is -2.08. The molecule has 0 saturated heterocycles. The van der Waals surface area contributed by atoms with Crippen molar-refractivity contribution in [3.05, 3.63) is 0 Å². The van der Waals surface area contributed by atoms with Crippen molar-refractivity contribution in [3.8, 4) is 0 Å². The molecular weight excluding hydrogens is 129 g/mol. The second kappa shape index (κ2) is 3.75. The first-order valence-corrected chi connectivity index (χ1v) is 3.00. The van der Waals surface area contributed by atoms with Crippen LogP contribution in [0.4, 0.5) is 13.2 Å². The average molecular weight is 140 g/mol. The summed E-state index contributed by atoms with van der Waals surface area (Å²) in [4.78, 5) is 0. The van der Waals surface area contributed by atoms with Crippen LogP contribution in [0, 0.1) is 0 Å². The van der Waals surface area contributed by atoms with Crippen molar-refractivity contribution in [1.82, 2.24) is 0 Å². The molecule has 0 spiro atoms. The van der Waals surface area contributed by atoms with Crippen LogP contribution in [-0.2, 0) is 0 Å². The van der Waals surface area contributed by atoms with Crippen molar-refractivity contribution in [3.63, 3.8) is 0 Å². The van der Waals surface area contributed by atoms with Crippen LogP contribution >= 0.6 is 0 Å². The molecule has 0 bridgehead atoms. The summed E-state index contributed by atoms with van der Waals surface area (Å²) in [6.45, 7) is 0.362. The van der Waals surface area contributed by atoms with Crippen LogP contribution < -0.4 is 0 Å². The molecular formula is C6H11F3. The molecule has 0 saturated carbocycles. The minimum absolute atomic E-state index is 0.198. The zero-order valence-electron chi connectivity index (χ0n) is 5.46. The fourth-order valence-electron chi connectivity index (χ4n) is 0.530. The van der Waals surface area contributed by atoms with Crippen molar-refractivity contribution in [2.75, 3.05) is 6.67 Å². The molecule has 0 N–H and O–H groups in total. The van der Waals surface area contributed by atoms with Crippen LogP contribution in [0.15, 0.2) is 0 Å². The average Bonchev–Trinajstić information content (AvgIpc) is 1.63. The molecule has 0 heterocycles. The van der Waals surface area contributed by atoms with E-state index in [2.05, 4.69) is 0 Å². The molecule has 0 atom stereocenters. The topological polar surface area (TPSA) is 0 Å². The summed E-state index contributed by atoms with van der Waals surface area (Å²) in [5.41, 5.74) is 0. The van der Waals surface area contributed by atoms with E-state index in [0.29, 0.717) is 0 Å². The zero-order valence-corrected chi connectivity index (χ0v) is 5.46. The molecule has 0 aromatic heterocycles. The molecule has 0 fully saturated rings. The lowest BCUT2D eigenvalue weighted by Gasteiger charge is -2.07. The number of halogens is 3. The summed E-state index contributed by atoms with van der Waals surface area (Å²) in [6.07, 6.45) is 0.334. The molecule has 0 aliphatic rings. The summed E-state index contributed by atoms with van der Waals surface area (Å²) < 4.78 is 35.2. The predicted molar refractivity (Wildman–Crippen MR) is 30.4 cm³/mol. The van der Waals surface area contributed by atoms with Gasteiger partial charge in [0.15, 0.2) is 0 Å². The number of alkyl halides is 3. The van der Waals surface area contributed by atoms with Crippen LogP contribution in [0.3, 0.4) is 0 Å². The summed E-state index contributed by atoms with van der Waals surface area (Å²) in [7, 11) is 0. The van der Waals surface area contributed by atoms with E-state index in [9.17, 15) is 13.2 Å². The lowest BCUT2D eigenvalue weighted by molar-refractivity contribution is 0.0102. The van der Waals surface area contributed by atoms with E-state index in [4.69, 9.17) is 0 Å². The summed E-state index contributed by atoms with van der Waals surface area (Å²) in [5.74, 6) is -2.62. The van der Waals surface area contributed by atoms with Gasteiger partial charge >= 0.3 is 0 Å². The van der Waals surface area contributed by atoms with Crippen LogP contribution in [0.5, 0.6) is 0 Å². The third-order valence-corrected chi connectivity index (χ3v) is 0.999. The molecule has 0 nitrogen and oxygen atoms in total. The Hall–Kier alpha value is -0.210. The predicted octanol–water partition coefficient (Wildman–Crippen LogP) is 2.78. The first-order chi connectivity index (χ1) is 4.06. The largest absolute Gasteiger partial charge is 0.251 e. The van der Waals surface area contributed by atoms with E-state index in [1.807, 2.05) is 0 Å². The highest BCUT2D eigenvalue weighted by Gasteiger charge is 2.19. The maximum absolute atomic E-state index is 11.9. The van der Waals surface area contributed by atoms with E-state index in [0.717, 1.165) is 6.92 Å². The van der Waals surface area contributed by atoms with Gasteiger partial charge in [-0.2, -0.15) is 0 Å². The molecule has 0 aromatic rings. The molecule has 0 aliphatic carbocycles. The van der Waals surface area contributed by atoms with Crippen molar-refractivity contribution >= 4 is 0 Å². The van der Waals surface area contributed by atoms with Gasteiger partial charge in [0.1, 0.15) is 0 Å². The first-order valence-electron chi connectivity index (χ1n) is 3.00. The number of hydrogen-bond donors (Lipinski definition) is 0. The standard InChI is InChI=1S/C6H11F3/c1-6(8,9)4-2-3-5-7/h2-5H2,1H3. The number of hydrogen-bond acceptors (Lipinski definition) is 0. The third kappa shape index (κ3) is 7.79. The van der Waals surface area contributed by atoms with Crippen LogP contribution in [0.25, 0.3) is 0 Å².